The Balaban J connectivity index is 2.08. The molecule has 0 aliphatic carbocycles. The van der Waals surface area contributed by atoms with Gasteiger partial charge < -0.3 is 14.6 Å². The van der Waals surface area contributed by atoms with E-state index in [1.54, 1.807) is 13.8 Å². The maximum atomic E-state index is 12.9. The van der Waals surface area contributed by atoms with Gasteiger partial charge >= 0.3 is 5.97 Å². The van der Waals surface area contributed by atoms with Crippen molar-refractivity contribution in [2.75, 3.05) is 0 Å². The van der Waals surface area contributed by atoms with Crippen LogP contribution in [0.3, 0.4) is 0 Å². The van der Waals surface area contributed by atoms with Gasteiger partial charge in [-0.25, -0.2) is 9.18 Å². The van der Waals surface area contributed by atoms with Crippen molar-refractivity contribution in [2.24, 2.45) is 0 Å². The first-order chi connectivity index (χ1) is 10.5. The van der Waals surface area contributed by atoms with E-state index in [2.05, 4.69) is 15.1 Å². The second kappa shape index (κ2) is 5.10. The molecule has 112 valence electrons. The van der Waals surface area contributed by atoms with E-state index in [1.165, 1.54) is 24.3 Å². The van der Waals surface area contributed by atoms with Gasteiger partial charge in [-0.05, 0) is 38.1 Å². The topological polar surface area (TPSA) is 92.0 Å². The van der Waals surface area contributed by atoms with Gasteiger partial charge in [-0.3, -0.25) is 0 Å². The van der Waals surface area contributed by atoms with Crippen LogP contribution in [-0.4, -0.2) is 26.2 Å². The third kappa shape index (κ3) is 2.26. The number of hydrogen-bond donors (Lipinski definition) is 2. The normalized spacial score (nSPS) is 10.9. The van der Waals surface area contributed by atoms with Crippen molar-refractivity contribution in [2.45, 2.75) is 13.8 Å². The van der Waals surface area contributed by atoms with Crippen molar-refractivity contribution in [3.8, 4) is 22.8 Å². The number of benzene rings is 1. The largest absolute Gasteiger partial charge is 0.478 e. The molecule has 6 nitrogen and oxygen atoms in total. The second-order valence-electron chi connectivity index (χ2n) is 4.86. The molecule has 0 atom stereocenters. The molecule has 0 saturated heterocycles. The molecule has 2 aromatic heterocycles. The molecule has 0 fully saturated rings. The number of aromatic nitrogens is 3. The minimum Gasteiger partial charge on any atom is -0.478 e. The highest BCUT2D eigenvalue weighted by molar-refractivity contribution is 5.97. The Morgan fingerprint density at radius 3 is 2.55 bits per heavy atom. The van der Waals surface area contributed by atoms with Gasteiger partial charge in [0.25, 0.3) is 5.89 Å². The summed E-state index contributed by atoms with van der Waals surface area (Å²) in [4.78, 5) is 18.6. The molecule has 0 radical (unpaired) electrons. The summed E-state index contributed by atoms with van der Waals surface area (Å²) in [7, 11) is 0. The lowest BCUT2D eigenvalue weighted by atomic mass is 10.1. The fraction of sp³-hybridized carbons (Fsp3) is 0.133. The number of rotatable bonds is 3. The van der Waals surface area contributed by atoms with E-state index in [1.807, 2.05) is 0 Å². The number of H-pyrrole nitrogens is 1. The molecule has 0 spiro atoms. The van der Waals surface area contributed by atoms with Crippen LogP contribution in [0.15, 0.2) is 28.8 Å². The summed E-state index contributed by atoms with van der Waals surface area (Å²) in [5, 5.41) is 13.2. The minimum atomic E-state index is -1.07. The molecule has 2 heterocycles. The van der Waals surface area contributed by atoms with Gasteiger partial charge in [0.1, 0.15) is 5.82 Å². The van der Waals surface area contributed by atoms with Crippen molar-refractivity contribution in [1.82, 2.24) is 15.1 Å². The number of carboxylic acids is 1. The first-order valence-corrected chi connectivity index (χ1v) is 6.50. The number of nitrogens with zero attached hydrogens (tertiary/aromatic N) is 2. The summed E-state index contributed by atoms with van der Waals surface area (Å²) in [6.07, 6.45) is 0. The van der Waals surface area contributed by atoms with Crippen molar-refractivity contribution < 1.29 is 18.8 Å². The van der Waals surface area contributed by atoms with E-state index in [0.29, 0.717) is 22.5 Å². The number of carboxylic acid groups (broad SMARTS) is 1. The Hall–Kier alpha value is -2.96. The minimum absolute atomic E-state index is 0.104. The van der Waals surface area contributed by atoms with E-state index in [9.17, 15) is 14.3 Å². The maximum Gasteiger partial charge on any atom is 0.338 e. The zero-order valence-electron chi connectivity index (χ0n) is 11.8. The lowest BCUT2D eigenvalue weighted by Gasteiger charge is -1.96. The molecule has 0 aliphatic rings. The van der Waals surface area contributed by atoms with Crippen LogP contribution in [0.5, 0.6) is 0 Å². The molecule has 0 aliphatic heterocycles. The van der Waals surface area contributed by atoms with E-state index in [0.717, 1.165) is 0 Å². The number of aromatic carboxylic acids is 1. The third-order valence-electron chi connectivity index (χ3n) is 3.33. The standard InChI is InChI=1S/C15H12FN3O3/c1-7-11(12(15(20)21)8(2)17-7)14-18-13(19-22-14)9-3-5-10(16)6-4-9/h3-6,17H,1-2H3,(H,20,21). The summed E-state index contributed by atoms with van der Waals surface area (Å²) in [6, 6.07) is 5.63. The number of aryl methyl sites for hydroxylation is 2. The van der Waals surface area contributed by atoms with Crippen molar-refractivity contribution in [1.29, 1.82) is 0 Å². The van der Waals surface area contributed by atoms with Crippen molar-refractivity contribution in [3.05, 3.63) is 47.0 Å². The van der Waals surface area contributed by atoms with Gasteiger partial charge in [-0.15, -0.1) is 0 Å². The molecule has 0 bridgehead atoms. The summed E-state index contributed by atoms with van der Waals surface area (Å²) in [6.45, 7) is 3.40. The molecule has 7 heteroatoms. The molecular formula is C15H12FN3O3. The first-order valence-electron chi connectivity index (χ1n) is 6.50. The van der Waals surface area contributed by atoms with Crippen LogP contribution in [0.4, 0.5) is 4.39 Å². The molecular weight excluding hydrogens is 289 g/mol. The monoisotopic (exact) mass is 301 g/mol. The second-order valence-corrected chi connectivity index (χ2v) is 4.86. The number of nitrogens with one attached hydrogen (secondary N) is 1. The fourth-order valence-corrected chi connectivity index (χ4v) is 2.36. The average molecular weight is 301 g/mol. The summed E-state index contributed by atoms with van der Waals surface area (Å²) >= 11 is 0. The van der Waals surface area contributed by atoms with Gasteiger partial charge in [-0.1, -0.05) is 5.16 Å². The average Bonchev–Trinajstić information content (AvgIpc) is 3.03. The summed E-state index contributed by atoms with van der Waals surface area (Å²) in [5.74, 6) is -1.06. The number of aromatic amines is 1. The van der Waals surface area contributed by atoms with E-state index < -0.39 is 5.97 Å². The van der Waals surface area contributed by atoms with Gasteiger partial charge in [0, 0.05) is 17.0 Å². The number of hydrogen-bond acceptors (Lipinski definition) is 4. The SMILES string of the molecule is Cc1[nH]c(C)c(-c2nc(-c3ccc(F)cc3)no2)c1C(=O)O. The van der Waals surface area contributed by atoms with Crippen LogP contribution in [0.2, 0.25) is 0 Å². The van der Waals surface area contributed by atoms with Gasteiger partial charge in [0.15, 0.2) is 0 Å². The lowest BCUT2D eigenvalue weighted by molar-refractivity contribution is 0.0697. The highest BCUT2D eigenvalue weighted by Gasteiger charge is 2.24. The third-order valence-corrected chi connectivity index (χ3v) is 3.33. The van der Waals surface area contributed by atoms with Gasteiger partial charge in [0.05, 0.1) is 11.1 Å². The van der Waals surface area contributed by atoms with Crippen LogP contribution >= 0.6 is 0 Å². The molecule has 0 amide bonds. The molecule has 1 aromatic carbocycles. The van der Waals surface area contributed by atoms with E-state index in [4.69, 9.17) is 4.52 Å². The molecule has 3 aromatic rings. The predicted octanol–water partition coefficient (Wildman–Crippen LogP) is 3.19. The highest BCUT2D eigenvalue weighted by atomic mass is 19.1. The quantitative estimate of drug-likeness (QED) is 0.775. The zero-order chi connectivity index (χ0) is 15.9. The highest BCUT2D eigenvalue weighted by Crippen LogP contribution is 2.30. The van der Waals surface area contributed by atoms with Crippen LogP contribution in [0, 0.1) is 19.7 Å². The van der Waals surface area contributed by atoms with Crippen LogP contribution in [-0.2, 0) is 0 Å². The summed E-state index contributed by atoms with van der Waals surface area (Å²) in [5.41, 5.74) is 2.20. The Kier molecular flexibility index (Phi) is 3.25. The smallest absolute Gasteiger partial charge is 0.338 e. The van der Waals surface area contributed by atoms with Crippen LogP contribution in [0.1, 0.15) is 21.7 Å². The molecule has 22 heavy (non-hydrogen) atoms. The van der Waals surface area contributed by atoms with Gasteiger partial charge in [0.2, 0.25) is 5.82 Å². The number of halogens is 1. The molecule has 0 unspecified atom stereocenters. The molecule has 2 N–H and O–H groups in total. The predicted molar refractivity (Wildman–Crippen MR) is 75.9 cm³/mol. The first kappa shape index (κ1) is 14.0. The molecule has 0 saturated carbocycles. The summed E-state index contributed by atoms with van der Waals surface area (Å²) < 4.78 is 18.1. The zero-order valence-corrected chi connectivity index (χ0v) is 11.8. The van der Waals surface area contributed by atoms with Crippen molar-refractivity contribution >= 4 is 5.97 Å². The Morgan fingerprint density at radius 1 is 1.23 bits per heavy atom. The van der Waals surface area contributed by atoms with Crippen LogP contribution in [0.25, 0.3) is 22.8 Å². The Bertz CT molecular complexity index is 850. The van der Waals surface area contributed by atoms with E-state index in [-0.39, 0.29) is 23.1 Å². The van der Waals surface area contributed by atoms with E-state index >= 15 is 0 Å². The maximum absolute atomic E-state index is 12.9. The Morgan fingerprint density at radius 2 is 1.91 bits per heavy atom. The van der Waals surface area contributed by atoms with Crippen molar-refractivity contribution in [3.63, 3.8) is 0 Å². The number of carbonyl (C=O) groups is 1. The fourth-order valence-electron chi connectivity index (χ4n) is 2.36. The lowest BCUT2D eigenvalue weighted by Crippen LogP contribution is -1.99. The molecule has 3 rings (SSSR count). The van der Waals surface area contributed by atoms with Crippen LogP contribution < -0.4 is 0 Å². The van der Waals surface area contributed by atoms with Gasteiger partial charge in [-0.2, -0.15) is 4.98 Å². The Labute approximate surface area is 124 Å².